The fraction of sp³-hybridized carbons (Fsp3) is 0.765. The van der Waals surface area contributed by atoms with Gasteiger partial charge in [-0.05, 0) is 57.6 Å². The molecule has 1 saturated heterocycles. The first-order valence-electron chi connectivity index (χ1n) is 9.20. The second-order valence-corrected chi connectivity index (χ2v) is 7.03. The minimum absolute atomic E-state index is 0.243. The molecule has 26 heavy (non-hydrogen) atoms. The molecule has 2 rings (SSSR count). The fourth-order valence-corrected chi connectivity index (χ4v) is 3.52. The summed E-state index contributed by atoms with van der Waals surface area (Å²) in [5.74, 6) is 0.596. The topological polar surface area (TPSA) is 122 Å². The van der Waals surface area contributed by atoms with Crippen LogP contribution in [0.2, 0.25) is 6.32 Å². The first-order valence-corrected chi connectivity index (χ1v) is 9.20. The zero-order chi connectivity index (χ0) is 19.5. The molecule has 1 aliphatic rings. The van der Waals surface area contributed by atoms with Gasteiger partial charge in [0.2, 0.25) is 0 Å². The molecule has 1 aliphatic heterocycles. The fourth-order valence-electron chi connectivity index (χ4n) is 3.52. The van der Waals surface area contributed by atoms with E-state index < -0.39 is 7.12 Å². The van der Waals surface area contributed by atoms with Crippen LogP contribution in [0, 0.1) is 12.8 Å². The van der Waals surface area contributed by atoms with Crippen molar-refractivity contribution < 1.29 is 19.6 Å². The zero-order valence-electron chi connectivity index (χ0n) is 15.8. The number of likely N-dealkylation sites (tertiary alicyclic amines) is 1. The SMILES string of the molecule is Cc1cc(CN2CCC(C(N)CCCCB(O)O)CC2)n(C)n1.O=C=O. The molecule has 1 unspecified atom stereocenters. The third-order valence-electron chi connectivity index (χ3n) is 4.97. The Morgan fingerprint density at radius 3 is 2.46 bits per heavy atom. The number of unbranched alkanes of at least 4 members (excludes halogenated alkanes) is 1. The molecule has 0 spiro atoms. The molecular formula is C17H31BN4O4. The number of rotatable bonds is 8. The van der Waals surface area contributed by atoms with Crippen LogP contribution in [0.3, 0.4) is 0 Å². The third kappa shape index (κ3) is 8.25. The van der Waals surface area contributed by atoms with Gasteiger partial charge in [-0.2, -0.15) is 14.7 Å². The van der Waals surface area contributed by atoms with E-state index in [-0.39, 0.29) is 12.2 Å². The molecule has 1 fully saturated rings. The highest BCUT2D eigenvalue weighted by molar-refractivity contribution is 6.40. The maximum absolute atomic E-state index is 8.85. The Morgan fingerprint density at radius 1 is 1.35 bits per heavy atom. The van der Waals surface area contributed by atoms with Crippen LogP contribution in [0.5, 0.6) is 0 Å². The second-order valence-electron chi connectivity index (χ2n) is 7.03. The standard InChI is InChI=1S/C16H31BN4O2.CO2/c1-13-11-15(20(2)19-13)12-21-9-6-14(7-10-21)16(18)5-3-4-8-17(22)23;2-1-3/h11,14,16,22-23H,3-10,12,18H2,1-2H3;. The van der Waals surface area contributed by atoms with Crippen LogP contribution in [-0.2, 0) is 23.2 Å². The number of hydrogen-bond donors (Lipinski definition) is 3. The summed E-state index contributed by atoms with van der Waals surface area (Å²) in [6, 6.07) is 2.40. The number of aryl methyl sites for hydroxylation is 2. The van der Waals surface area contributed by atoms with Crippen LogP contribution in [0.15, 0.2) is 6.07 Å². The van der Waals surface area contributed by atoms with Crippen molar-refractivity contribution in [3.05, 3.63) is 17.5 Å². The maximum Gasteiger partial charge on any atom is 0.451 e. The minimum Gasteiger partial charge on any atom is -0.427 e. The van der Waals surface area contributed by atoms with E-state index in [0.717, 1.165) is 57.4 Å². The van der Waals surface area contributed by atoms with Crippen LogP contribution in [0.4, 0.5) is 0 Å². The summed E-state index contributed by atoms with van der Waals surface area (Å²) in [7, 11) is 0.832. The molecule has 1 aromatic heterocycles. The third-order valence-corrected chi connectivity index (χ3v) is 4.97. The predicted octanol–water partition coefficient (Wildman–Crippen LogP) is 0.327. The smallest absolute Gasteiger partial charge is 0.427 e. The Morgan fingerprint density at radius 2 is 1.96 bits per heavy atom. The molecule has 146 valence electrons. The summed E-state index contributed by atoms with van der Waals surface area (Å²) in [5, 5.41) is 22.1. The molecule has 1 atom stereocenters. The molecular weight excluding hydrogens is 335 g/mol. The second kappa shape index (κ2) is 12.0. The lowest BCUT2D eigenvalue weighted by Crippen LogP contribution is -2.40. The molecule has 0 aromatic carbocycles. The normalized spacial score (nSPS) is 16.5. The van der Waals surface area contributed by atoms with E-state index in [1.54, 1.807) is 0 Å². The minimum atomic E-state index is -1.18. The van der Waals surface area contributed by atoms with Crippen LogP contribution in [-0.4, -0.2) is 57.1 Å². The van der Waals surface area contributed by atoms with Crippen molar-refractivity contribution in [3.8, 4) is 0 Å². The summed E-state index contributed by atoms with van der Waals surface area (Å²) in [6.45, 7) is 5.19. The highest BCUT2D eigenvalue weighted by atomic mass is 16.4. The Kier molecular flexibility index (Phi) is 10.4. The predicted molar refractivity (Wildman–Crippen MR) is 97.8 cm³/mol. The number of nitrogens with two attached hydrogens (primary N) is 1. The van der Waals surface area contributed by atoms with Gasteiger partial charge in [-0.25, -0.2) is 0 Å². The van der Waals surface area contributed by atoms with E-state index in [0.29, 0.717) is 12.2 Å². The average Bonchev–Trinajstić information content (AvgIpc) is 2.90. The molecule has 0 aliphatic carbocycles. The van der Waals surface area contributed by atoms with Gasteiger partial charge < -0.3 is 15.8 Å². The van der Waals surface area contributed by atoms with Gasteiger partial charge in [0, 0.05) is 19.6 Å². The summed E-state index contributed by atoms with van der Waals surface area (Å²) in [6.07, 6.45) is 5.81. The van der Waals surface area contributed by atoms with Crippen LogP contribution >= 0.6 is 0 Å². The quantitative estimate of drug-likeness (QED) is 0.448. The van der Waals surface area contributed by atoms with Gasteiger partial charge in [0.25, 0.3) is 0 Å². The molecule has 4 N–H and O–H groups in total. The number of hydrogen-bond acceptors (Lipinski definition) is 7. The monoisotopic (exact) mass is 366 g/mol. The van der Waals surface area contributed by atoms with Gasteiger partial charge in [0.15, 0.2) is 0 Å². The molecule has 2 heterocycles. The molecule has 9 heteroatoms. The molecule has 0 bridgehead atoms. The van der Waals surface area contributed by atoms with Crippen LogP contribution in [0.1, 0.15) is 43.5 Å². The van der Waals surface area contributed by atoms with Gasteiger partial charge in [-0.15, -0.1) is 0 Å². The summed E-state index contributed by atoms with van der Waals surface area (Å²) < 4.78 is 1.97. The number of nitrogens with zero attached hydrogens (tertiary/aromatic N) is 3. The van der Waals surface area contributed by atoms with Crippen molar-refractivity contribution in [1.82, 2.24) is 14.7 Å². The van der Waals surface area contributed by atoms with E-state index >= 15 is 0 Å². The summed E-state index contributed by atoms with van der Waals surface area (Å²) in [4.78, 5) is 18.7. The molecule has 0 amide bonds. The molecule has 0 saturated carbocycles. The van der Waals surface area contributed by atoms with Crippen molar-refractivity contribution in [2.24, 2.45) is 18.7 Å². The van der Waals surface area contributed by atoms with Gasteiger partial charge in [0.1, 0.15) is 0 Å². The van der Waals surface area contributed by atoms with Crippen molar-refractivity contribution in [3.63, 3.8) is 0 Å². The molecule has 0 radical (unpaired) electrons. The summed E-state index contributed by atoms with van der Waals surface area (Å²) >= 11 is 0. The highest BCUT2D eigenvalue weighted by Gasteiger charge is 2.24. The van der Waals surface area contributed by atoms with Crippen molar-refractivity contribution in [2.45, 2.75) is 57.9 Å². The summed E-state index contributed by atoms with van der Waals surface area (Å²) in [5.41, 5.74) is 8.68. The number of aromatic nitrogens is 2. The van der Waals surface area contributed by atoms with E-state index in [9.17, 15) is 0 Å². The van der Waals surface area contributed by atoms with E-state index in [4.69, 9.17) is 25.4 Å². The lowest BCUT2D eigenvalue weighted by molar-refractivity contribution is -0.191. The van der Waals surface area contributed by atoms with Gasteiger partial charge in [-0.3, -0.25) is 9.58 Å². The Balaban J connectivity index is 0.00000105. The van der Waals surface area contributed by atoms with E-state index in [2.05, 4.69) is 16.1 Å². The molecule has 8 nitrogen and oxygen atoms in total. The Bertz CT molecular complexity index is 553. The first-order chi connectivity index (χ1) is 12.4. The van der Waals surface area contributed by atoms with E-state index in [1.165, 1.54) is 5.69 Å². The molecule has 1 aromatic rings. The lowest BCUT2D eigenvalue weighted by atomic mass is 9.82. The number of piperidine rings is 1. The Hall–Kier alpha value is -1.51. The van der Waals surface area contributed by atoms with Crippen molar-refractivity contribution in [1.29, 1.82) is 0 Å². The van der Waals surface area contributed by atoms with Gasteiger partial charge in [0.05, 0.1) is 11.4 Å². The zero-order valence-corrected chi connectivity index (χ0v) is 15.8. The van der Waals surface area contributed by atoms with Crippen LogP contribution < -0.4 is 5.73 Å². The maximum atomic E-state index is 8.85. The highest BCUT2D eigenvalue weighted by Crippen LogP contribution is 2.23. The largest absolute Gasteiger partial charge is 0.451 e. The van der Waals surface area contributed by atoms with Crippen LogP contribution in [0.25, 0.3) is 0 Å². The number of carbonyl (C=O) groups excluding carboxylic acids is 2. The van der Waals surface area contributed by atoms with Crippen molar-refractivity contribution >= 4 is 13.3 Å². The first kappa shape index (κ1) is 22.5. The lowest BCUT2D eigenvalue weighted by Gasteiger charge is -2.34. The average molecular weight is 366 g/mol. The van der Waals surface area contributed by atoms with E-state index in [1.807, 2.05) is 18.7 Å². The van der Waals surface area contributed by atoms with Gasteiger partial charge in [-0.1, -0.05) is 12.8 Å². The van der Waals surface area contributed by atoms with Crippen molar-refractivity contribution in [2.75, 3.05) is 13.1 Å². The Labute approximate surface area is 155 Å². The van der Waals surface area contributed by atoms with Gasteiger partial charge >= 0.3 is 13.3 Å².